The number of nitrogens with two attached hydrogens (primary N) is 1. The Hall–Kier alpha value is -2.61. The molecule has 200 valence electrons. The SMILES string of the molecule is CCCCC1(CC2CCCCC2)N=C(N)N(Cc2ccc(CNC(=O)NCCCCCO)cc2)C1=O. The molecule has 1 aliphatic heterocycles. The molecule has 1 aromatic rings. The minimum Gasteiger partial charge on any atom is -0.396 e. The van der Waals surface area contributed by atoms with Crippen molar-refractivity contribution in [1.29, 1.82) is 0 Å². The summed E-state index contributed by atoms with van der Waals surface area (Å²) in [7, 11) is 0. The lowest BCUT2D eigenvalue weighted by atomic mass is 9.77. The molecule has 0 spiro atoms. The smallest absolute Gasteiger partial charge is 0.315 e. The summed E-state index contributed by atoms with van der Waals surface area (Å²) in [4.78, 5) is 32.1. The topological polar surface area (TPSA) is 120 Å². The Morgan fingerprint density at radius 1 is 1.08 bits per heavy atom. The number of hydrogen-bond acceptors (Lipinski definition) is 5. The summed E-state index contributed by atoms with van der Waals surface area (Å²) in [5.41, 5.74) is 7.61. The van der Waals surface area contributed by atoms with Crippen LogP contribution in [0.2, 0.25) is 0 Å². The van der Waals surface area contributed by atoms with Crippen LogP contribution in [0.3, 0.4) is 0 Å². The molecule has 5 N–H and O–H groups in total. The molecule has 1 heterocycles. The Labute approximate surface area is 216 Å². The fourth-order valence-corrected chi connectivity index (χ4v) is 5.38. The lowest BCUT2D eigenvalue weighted by molar-refractivity contribution is -0.132. The fraction of sp³-hybridized carbons (Fsp3) is 0.679. The highest BCUT2D eigenvalue weighted by atomic mass is 16.3. The maximum absolute atomic E-state index is 13.7. The molecule has 1 fully saturated rings. The van der Waals surface area contributed by atoms with E-state index in [4.69, 9.17) is 15.8 Å². The van der Waals surface area contributed by atoms with Crippen molar-refractivity contribution in [3.8, 4) is 0 Å². The van der Waals surface area contributed by atoms with Gasteiger partial charge in [0.2, 0.25) is 0 Å². The lowest BCUT2D eigenvalue weighted by Crippen LogP contribution is -2.45. The number of aliphatic hydroxyl groups is 1. The first-order valence-electron chi connectivity index (χ1n) is 13.8. The zero-order valence-electron chi connectivity index (χ0n) is 21.9. The molecule has 1 aromatic carbocycles. The van der Waals surface area contributed by atoms with Crippen LogP contribution >= 0.6 is 0 Å². The number of rotatable bonds is 14. The van der Waals surface area contributed by atoms with Crippen molar-refractivity contribution < 1.29 is 14.7 Å². The van der Waals surface area contributed by atoms with E-state index in [0.717, 1.165) is 56.1 Å². The Morgan fingerprint density at radius 2 is 1.81 bits per heavy atom. The van der Waals surface area contributed by atoms with Gasteiger partial charge in [-0.15, -0.1) is 0 Å². The third-order valence-electron chi connectivity index (χ3n) is 7.48. The van der Waals surface area contributed by atoms with Crippen molar-refractivity contribution in [2.75, 3.05) is 13.2 Å². The van der Waals surface area contributed by atoms with E-state index in [1.54, 1.807) is 4.90 Å². The number of guanidine groups is 1. The van der Waals surface area contributed by atoms with Crippen LogP contribution < -0.4 is 16.4 Å². The van der Waals surface area contributed by atoms with Crippen molar-refractivity contribution in [3.05, 3.63) is 35.4 Å². The van der Waals surface area contributed by atoms with E-state index in [2.05, 4.69) is 17.6 Å². The maximum atomic E-state index is 13.7. The summed E-state index contributed by atoms with van der Waals surface area (Å²) in [6.45, 7) is 3.77. The van der Waals surface area contributed by atoms with Gasteiger partial charge in [0.05, 0.1) is 6.54 Å². The number of carbonyl (C=O) groups excluding carboxylic acids is 2. The van der Waals surface area contributed by atoms with Crippen LogP contribution in [-0.2, 0) is 17.9 Å². The first-order valence-corrected chi connectivity index (χ1v) is 13.8. The van der Waals surface area contributed by atoms with Gasteiger partial charge in [-0.25, -0.2) is 9.79 Å². The second kappa shape index (κ2) is 14.2. The molecule has 3 rings (SSSR count). The standard InChI is InChI=1S/C28H45N5O3/c1-2-3-16-28(19-22-10-6-4-7-11-22)25(35)33(26(29)32-28)21-24-14-12-23(13-15-24)20-31-27(36)30-17-8-5-9-18-34/h12-15,22,34H,2-11,16-21H2,1H3,(H2,29,32)(H2,30,31,36). The van der Waals surface area contributed by atoms with Crippen molar-refractivity contribution in [2.45, 2.75) is 103 Å². The largest absolute Gasteiger partial charge is 0.396 e. The molecule has 1 unspecified atom stereocenters. The highest BCUT2D eigenvalue weighted by molar-refractivity contribution is 6.06. The average Bonchev–Trinajstić information content (AvgIpc) is 3.11. The van der Waals surface area contributed by atoms with Gasteiger partial charge in [0.1, 0.15) is 5.54 Å². The summed E-state index contributed by atoms with van der Waals surface area (Å²) in [5, 5.41) is 14.5. The Kier molecular flexibility index (Phi) is 11.0. The van der Waals surface area contributed by atoms with Crippen LogP contribution in [0.1, 0.15) is 95.1 Å². The number of benzene rings is 1. The maximum Gasteiger partial charge on any atom is 0.315 e. The second-order valence-corrected chi connectivity index (χ2v) is 10.4. The fourth-order valence-electron chi connectivity index (χ4n) is 5.38. The van der Waals surface area contributed by atoms with Crippen molar-refractivity contribution in [3.63, 3.8) is 0 Å². The molecule has 0 bridgehead atoms. The van der Waals surface area contributed by atoms with Crippen LogP contribution in [-0.4, -0.2) is 46.6 Å². The molecule has 2 aliphatic rings. The number of nitrogens with zero attached hydrogens (tertiary/aromatic N) is 2. The number of aliphatic hydroxyl groups excluding tert-OH is 1. The monoisotopic (exact) mass is 499 g/mol. The van der Waals surface area contributed by atoms with E-state index in [1.165, 1.54) is 32.1 Å². The number of amides is 3. The van der Waals surface area contributed by atoms with Crippen molar-refractivity contribution in [2.24, 2.45) is 16.6 Å². The van der Waals surface area contributed by atoms with Crippen LogP contribution in [0.25, 0.3) is 0 Å². The summed E-state index contributed by atoms with van der Waals surface area (Å²) in [6.07, 6.45) is 12.3. The van der Waals surface area contributed by atoms with Gasteiger partial charge in [-0.1, -0.05) is 76.1 Å². The minimum absolute atomic E-state index is 0.0560. The van der Waals surface area contributed by atoms with Gasteiger partial charge >= 0.3 is 6.03 Å². The van der Waals surface area contributed by atoms with E-state index in [9.17, 15) is 9.59 Å². The minimum atomic E-state index is -0.697. The highest BCUT2D eigenvalue weighted by Gasteiger charge is 2.48. The van der Waals surface area contributed by atoms with Crippen LogP contribution in [0.15, 0.2) is 29.3 Å². The van der Waals surface area contributed by atoms with Gasteiger partial charge in [-0.2, -0.15) is 0 Å². The molecule has 8 nitrogen and oxygen atoms in total. The van der Waals surface area contributed by atoms with Crippen LogP contribution in [0.5, 0.6) is 0 Å². The summed E-state index contributed by atoms with van der Waals surface area (Å²) < 4.78 is 0. The van der Waals surface area contributed by atoms with Crippen molar-refractivity contribution >= 4 is 17.9 Å². The molecule has 1 aliphatic carbocycles. The average molecular weight is 500 g/mol. The molecule has 0 radical (unpaired) electrons. The van der Waals surface area contributed by atoms with Crippen molar-refractivity contribution in [1.82, 2.24) is 15.5 Å². The molecular formula is C28H45N5O3. The van der Waals surface area contributed by atoms with E-state index >= 15 is 0 Å². The Balaban J connectivity index is 1.53. The van der Waals surface area contributed by atoms with Gasteiger partial charge < -0.3 is 21.5 Å². The van der Waals surface area contributed by atoms with E-state index in [1.807, 2.05) is 24.3 Å². The molecule has 36 heavy (non-hydrogen) atoms. The molecule has 1 saturated carbocycles. The summed E-state index contributed by atoms with van der Waals surface area (Å²) in [5.74, 6) is 0.953. The summed E-state index contributed by atoms with van der Waals surface area (Å²) >= 11 is 0. The Bertz CT molecular complexity index is 866. The number of nitrogens with one attached hydrogen (secondary N) is 2. The number of aliphatic imine (C=N–C) groups is 1. The Morgan fingerprint density at radius 3 is 2.50 bits per heavy atom. The number of unbranched alkanes of at least 4 members (excludes halogenated alkanes) is 3. The van der Waals surface area contributed by atoms with Gasteiger partial charge in [-0.3, -0.25) is 9.69 Å². The number of urea groups is 1. The highest BCUT2D eigenvalue weighted by Crippen LogP contribution is 2.39. The van der Waals surface area contributed by atoms with E-state index in [-0.39, 0.29) is 18.5 Å². The first-order chi connectivity index (χ1) is 17.5. The molecule has 0 saturated heterocycles. The second-order valence-electron chi connectivity index (χ2n) is 10.4. The lowest BCUT2D eigenvalue weighted by Gasteiger charge is -2.32. The normalized spacial score (nSPS) is 20.4. The molecular weight excluding hydrogens is 454 g/mol. The third-order valence-corrected chi connectivity index (χ3v) is 7.48. The molecule has 8 heteroatoms. The number of hydrogen-bond donors (Lipinski definition) is 4. The number of carbonyl (C=O) groups is 2. The van der Waals surface area contributed by atoms with Crippen LogP contribution in [0.4, 0.5) is 4.79 Å². The molecule has 0 aromatic heterocycles. The third kappa shape index (κ3) is 7.95. The van der Waals surface area contributed by atoms with Gasteiger partial charge in [0, 0.05) is 19.7 Å². The van der Waals surface area contributed by atoms with Gasteiger partial charge in [-0.05, 0) is 49.1 Å². The summed E-state index contributed by atoms with van der Waals surface area (Å²) in [6, 6.07) is 7.71. The van der Waals surface area contributed by atoms with Gasteiger partial charge in [0.25, 0.3) is 5.91 Å². The molecule has 3 amide bonds. The first kappa shape index (κ1) is 28.0. The van der Waals surface area contributed by atoms with Gasteiger partial charge in [0.15, 0.2) is 5.96 Å². The van der Waals surface area contributed by atoms with E-state index < -0.39 is 5.54 Å². The predicted molar refractivity (Wildman–Crippen MR) is 143 cm³/mol. The van der Waals surface area contributed by atoms with E-state index in [0.29, 0.717) is 31.5 Å². The molecule has 1 atom stereocenters. The van der Waals surface area contributed by atoms with Crippen LogP contribution in [0, 0.1) is 5.92 Å². The zero-order valence-corrected chi connectivity index (χ0v) is 21.9. The predicted octanol–water partition coefficient (Wildman–Crippen LogP) is 4.20. The quantitative estimate of drug-likeness (QED) is 0.287. The zero-order chi connectivity index (χ0) is 25.8.